The van der Waals surface area contributed by atoms with Gasteiger partial charge in [-0.2, -0.15) is 8.78 Å². The maximum absolute atomic E-state index is 15.8. The van der Waals surface area contributed by atoms with Gasteiger partial charge >= 0.3 is 0 Å². The summed E-state index contributed by atoms with van der Waals surface area (Å²) in [5.41, 5.74) is 6.05. The van der Waals surface area contributed by atoms with Crippen LogP contribution >= 0.6 is 0 Å². The second kappa shape index (κ2) is 16.4. The standard InChI is InChI=1S/C41H44F4N4O3S/c1-8-47-33-22-21-31(29-15-13-14-16-30(29)33)35(28-19-17-26(23-25(28)6)48(9-2)10-3)32-20-18-27(49(11-4)12-5)24-34(32)52-40-36(42)38(44)41(39(45)37(40)43)53(50,51)46-7/h13-24,46H,8-12H2,1-7H3/p+1. The van der Waals surface area contributed by atoms with Gasteiger partial charge in [-0.25, -0.2) is 26.5 Å². The van der Waals surface area contributed by atoms with E-state index in [9.17, 15) is 8.42 Å². The fraction of sp³-hybridized carbons (Fsp3) is 0.293. The molecule has 0 radical (unpaired) electrons. The smallest absolute Gasteiger partial charge is 0.246 e. The van der Waals surface area contributed by atoms with Crippen LogP contribution in [0.1, 0.15) is 52.7 Å². The summed E-state index contributed by atoms with van der Waals surface area (Å²) in [5, 5.41) is 5.23. The molecule has 0 spiro atoms. The van der Waals surface area contributed by atoms with Crippen LogP contribution in [-0.2, 0) is 10.0 Å². The average Bonchev–Trinajstić information content (AvgIpc) is 3.15. The summed E-state index contributed by atoms with van der Waals surface area (Å²) < 4.78 is 96.9. The first-order valence-corrected chi connectivity index (χ1v) is 19.2. The third kappa shape index (κ3) is 7.48. The van der Waals surface area contributed by atoms with Crippen molar-refractivity contribution in [3.8, 4) is 11.5 Å². The number of allylic oxidation sites excluding steroid dienone is 5. The molecule has 4 aromatic carbocycles. The molecule has 0 unspecified atom stereocenters. The Morgan fingerprint density at radius 1 is 0.811 bits per heavy atom. The Morgan fingerprint density at radius 3 is 2.00 bits per heavy atom. The van der Waals surface area contributed by atoms with Gasteiger partial charge in [0.25, 0.3) is 0 Å². The minimum absolute atomic E-state index is 0.0997. The number of fused-ring (bicyclic) bond motifs is 1. The van der Waals surface area contributed by atoms with Crippen molar-refractivity contribution in [3.63, 3.8) is 0 Å². The van der Waals surface area contributed by atoms with Gasteiger partial charge in [0.1, 0.15) is 18.8 Å². The summed E-state index contributed by atoms with van der Waals surface area (Å²) in [6, 6.07) is 17.0. The minimum atomic E-state index is -4.91. The summed E-state index contributed by atoms with van der Waals surface area (Å²) in [4.78, 5) is 0.209. The van der Waals surface area contributed by atoms with Gasteiger partial charge in [0.15, 0.2) is 22.2 Å². The monoisotopic (exact) mass is 749 g/mol. The van der Waals surface area contributed by atoms with Crippen molar-refractivity contribution in [1.29, 1.82) is 0 Å². The predicted molar refractivity (Wildman–Crippen MR) is 206 cm³/mol. The van der Waals surface area contributed by atoms with Crippen LogP contribution in [0.2, 0.25) is 0 Å². The van der Waals surface area contributed by atoms with Crippen molar-refractivity contribution >= 4 is 43.5 Å². The predicted octanol–water partition coefficient (Wildman–Crippen LogP) is 9.19. The van der Waals surface area contributed by atoms with Crippen LogP contribution in [0.3, 0.4) is 0 Å². The summed E-state index contributed by atoms with van der Waals surface area (Å²) in [6.07, 6.45) is 6.08. The third-order valence-electron chi connectivity index (χ3n) is 9.46. The summed E-state index contributed by atoms with van der Waals surface area (Å²) in [7, 11) is -4.04. The second-order valence-corrected chi connectivity index (χ2v) is 14.2. The Balaban J connectivity index is 1.90. The topological polar surface area (TPSA) is 73.7 Å². The molecule has 0 atom stereocenters. The lowest BCUT2D eigenvalue weighted by molar-refractivity contribution is -0.519. The summed E-state index contributed by atoms with van der Waals surface area (Å²) in [5.74, 6) is -9.69. The molecular weight excluding hydrogens is 705 g/mol. The zero-order valence-corrected chi connectivity index (χ0v) is 31.8. The molecule has 0 saturated carbocycles. The van der Waals surface area contributed by atoms with Crippen molar-refractivity contribution in [1.82, 2.24) is 4.72 Å². The van der Waals surface area contributed by atoms with Gasteiger partial charge < -0.3 is 15.0 Å². The van der Waals surface area contributed by atoms with Crippen LogP contribution < -0.4 is 19.7 Å². The molecule has 53 heavy (non-hydrogen) atoms. The van der Waals surface area contributed by atoms with Crippen LogP contribution in [0.5, 0.6) is 11.5 Å². The molecule has 0 amide bonds. The Kier molecular flexibility index (Phi) is 12.1. The fourth-order valence-corrected chi connectivity index (χ4v) is 7.58. The zero-order valence-electron chi connectivity index (χ0n) is 31.0. The van der Waals surface area contributed by atoms with Gasteiger partial charge in [0.05, 0.1) is 0 Å². The van der Waals surface area contributed by atoms with Gasteiger partial charge in [-0.3, -0.25) is 0 Å². The van der Waals surface area contributed by atoms with E-state index in [0.29, 0.717) is 36.5 Å². The number of sulfonamides is 1. The maximum Gasteiger partial charge on any atom is 0.246 e. The summed E-state index contributed by atoms with van der Waals surface area (Å²) >= 11 is 0. The number of hydrogen-bond acceptors (Lipinski definition) is 5. The third-order valence-corrected chi connectivity index (χ3v) is 10.9. The maximum atomic E-state index is 15.8. The minimum Gasteiger partial charge on any atom is -0.450 e. The highest BCUT2D eigenvalue weighted by Gasteiger charge is 2.34. The van der Waals surface area contributed by atoms with Crippen LogP contribution in [0.25, 0.3) is 16.3 Å². The van der Waals surface area contributed by atoms with Crippen LogP contribution in [0, 0.1) is 23.3 Å². The number of ether oxygens (including phenoxy) is 1. The van der Waals surface area contributed by atoms with E-state index in [4.69, 9.17) is 4.74 Å². The Morgan fingerprint density at radius 2 is 1.43 bits per heavy atom. The molecule has 0 bridgehead atoms. The van der Waals surface area contributed by atoms with Gasteiger partial charge in [0, 0.05) is 65.8 Å². The highest BCUT2D eigenvalue weighted by Crippen LogP contribution is 2.45. The van der Waals surface area contributed by atoms with E-state index >= 15 is 17.6 Å². The first-order valence-electron chi connectivity index (χ1n) is 17.7. The number of benzene rings is 4. The van der Waals surface area contributed by atoms with Gasteiger partial charge in [-0.05, 0) is 95.0 Å². The van der Waals surface area contributed by atoms with Gasteiger partial charge in [-0.15, -0.1) is 0 Å². The van der Waals surface area contributed by atoms with Gasteiger partial charge in [0.2, 0.25) is 27.4 Å². The quantitative estimate of drug-likeness (QED) is 0.0811. The number of halogens is 4. The van der Waals surface area contributed by atoms with Crippen molar-refractivity contribution in [2.75, 3.05) is 50.0 Å². The van der Waals surface area contributed by atoms with Crippen LogP contribution in [-0.4, -0.2) is 58.5 Å². The molecule has 12 heteroatoms. The number of hydrogen-bond donors (Lipinski definition) is 2. The molecule has 7 nitrogen and oxygen atoms in total. The molecule has 0 heterocycles. The molecule has 0 aliphatic heterocycles. The molecular formula is C41H45F4N4O3S+. The van der Waals surface area contributed by atoms with E-state index in [1.165, 1.54) is 0 Å². The number of nitrogens with one attached hydrogen (secondary N) is 2. The highest BCUT2D eigenvalue weighted by atomic mass is 32.2. The largest absolute Gasteiger partial charge is 0.450 e. The first kappa shape index (κ1) is 39.3. The fourth-order valence-electron chi connectivity index (χ4n) is 6.73. The highest BCUT2D eigenvalue weighted by molar-refractivity contribution is 7.89. The molecule has 0 fully saturated rings. The first-order chi connectivity index (χ1) is 25.4. The van der Waals surface area contributed by atoms with Crippen LogP contribution in [0.4, 0.5) is 28.9 Å². The molecule has 2 N–H and O–H groups in total. The zero-order chi connectivity index (χ0) is 38.6. The molecule has 4 aromatic rings. The van der Waals surface area contributed by atoms with Crippen LogP contribution in [0.15, 0.2) is 88.9 Å². The van der Waals surface area contributed by atoms with E-state index in [2.05, 4.69) is 29.8 Å². The lowest BCUT2D eigenvalue weighted by Crippen LogP contribution is -2.23. The number of anilines is 2. The van der Waals surface area contributed by atoms with Crippen molar-refractivity contribution in [3.05, 3.63) is 118 Å². The summed E-state index contributed by atoms with van der Waals surface area (Å²) in [6.45, 7) is 15.5. The lowest BCUT2D eigenvalue weighted by atomic mass is 9.84. The number of nitrogens with zero attached hydrogens (tertiary/aromatic N) is 2. The average molecular weight is 750 g/mol. The molecule has 1 aliphatic rings. The van der Waals surface area contributed by atoms with E-state index < -0.39 is 43.9 Å². The van der Waals surface area contributed by atoms with Crippen molar-refractivity contribution < 1.29 is 35.3 Å². The Bertz CT molecular complexity index is 2260. The Hall–Kier alpha value is -4.94. The van der Waals surface area contributed by atoms with E-state index in [1.807, 2.05) is 87.2 Å². The van der Waals surface area contributed by atoms with E-state index in [1.54, 1.807) is 16.9 Å². The molecule has 280 valence electrons. The van der Waals surface area contributed by atoms with Gasteiger partial charge in [-0.1, -0.05) is 30.3 Å². The molecule has 0 aromatic heterocycles. The van der Waals surface area contributed by atoms with E-state index in [0.717, 1.165) is 59.0 Å². The second-order valence-electron chi connectivity index (χ2n) is 12.4. The normalized spacial score (nSPS) is 14.0. The van der Waals surface area contributed by atoms with Crippen molar-refractivity contribution in [2.24, 2.45) is 0 Å². The Labute approximate surface area is 309 Å². The lowest BCUT2D eigenvalue weighted by Gasteiger charge is -2.25. The SMILES string of the molecule is CCNc1ccc(/C(=C2\C=CC(=[N+](CC)CC)C=C2C)c2ccc(N(CC)CC)cc2Oc2c(F)c(F)c(S(=O)(=O)NC)c(F)c2F)c2ccccc12. The molecule has 1 aliphatic carbocycles. The molecule has 5 rings (SSSR count). The van der Waals surface area contributed by atoms with Crippen molar-refractivity contribution in [2.45, 2.75) is 46.4 Å². The molecule has 0 saturated heterocycles. The number of rotatable bonds is 13. The van der Waals surface area contributed by atoms with E-state index in [-0.39, 0.29) is 5.75 Å².